The van der Waals surface area contributed by atoms with Crippen molar-refractivity contribution in [3.8, 4) is 5.75 Å². The summed E-state index contributed by atoms with van der Waals surface area (Å²) in [7, 11) is 0. The second-order valence-electron chi connectivity index (χ2n) is 6.76. The van der Waals surface area contributed by atoms with Crippen LogP contribution in [0.15, 0.2) is 48.5 Å². The normalized spacial score (nSPS) is 20.5. The van der Waals surface area contributed by atoms with E-state index in [2.05, 4.69) is 5.32 Å². The van der Waals surface area contributed by atoms with Crippen molar-refractivity contribution in [2.24, 2.45) is 0 Å². The molecule has 2 aromatic carbocycles. The van der Waals surface area contributed by atoms with Gasteiger partial charge in [0.05, 0.1) is 6.54 Å². The van der Waals surface area contributed by atoms with Gasteiger partial charge in [-0.05, 0) is 43.7 Å². The number of imide groups is 1. The molecule has 2 N–H and O–H groups in total. The molecule has 0 unspecified atom stereocenters. The van der Waals surface area contributed by atoms with Gasteiger partial charge >= 0.3 is 6.03 Å². The lowest BCUT2D eigenvalue weighted by Gasteiger charge is -2.23. The maximum Gasteiger partial charge on any atom is 0.325 e. The maximum absolute atomic E-state index is 13.1. The van der Waals surface area contributed by atoms with Crippen molar-refractivity contribution in [3.63, 3.8) is 0 Å². The highest BCUT2D eigenvalue weighted by Gasteiger charge is 2.49. The number of rotatable bonds is 6. The van der Waals surface area contributed by atoms with Crippen LogP contribution in [0.2, 0.25) is 0 Å². The fourth-order valence-corrected chi connectivity index (χ4v) is 2.93. The second-order valence-corrected chi connectivity index (χ2v) is 6.76. The fourth-order valence-electron chi connectivity index (χ4n) is 2.93. The SMILES string of the molecule is Cc1ccc(OC[C@@H](O)CN2C(=O)N[C@](C)(c3ccc(F)cc3)C2=O)cc1. The molecule has 2 aromatic rings. The molecule has 0 saturated carbocycles. The highest BCUT2D eigenvalue weighted by molar-refractivity contribution is 6.07. The van der Waals surface area contributed by atoms with Gasteiger partial charge in [-0.1, -0.05) is 29.8 Å². The van der Waals surface area contributed by atoms with Crippen molar-refractivity contribution >= 4 is 11.9 Å². The van der Waals surface area contributed by atoms with Gasteiger partial charge in [0.25, 0.3) is 5.91 Å². The molecule has 1 aliphatic heterocycles. The molecule has 3 rings (SSSR count). The topological polar surface area (TPSA) is 78.9 Å². The first kappa shape index (κ1) is 18.8. The molecule has 1 saturated heterocycles. The lowest BCUT2D eigenvalue weighted by molar-refractivity contribution is -0.132. The zero-order chi connectivity index (χ0) is 19.6. The molecular weight excluding hydrogens is 351 g/mol. The molecule has 27 heavy (non-hydrogen) atoms. The lowest BCUT2D eigenvalue weighted by Crippen LogP contribution is -2.42. The molecular formula is C20H21FN2O4. The molecule has 0 bridgehead atoms. The summed E-state index contributed by atoms with van der Waals surface area (Å²) in [6, 6.07) is 12.1. The van der Waals surface area contributed by atoms with E-state index in [0.29, 0.717) is 11.3 Å². The molecule has 1 heterocycles. The van der Waals surface area contributed by atoms with Crippen molar-refractivity contribution in [2.75, 3.05) is 13.2 Å². The second kappa shape index (κ2) is 7.36. The van der Waals surface area contributed by atoms with Gasteiger partial charge in [0, 0.05) is 0 Å². The number of hydrogen-bond acceptors (Lipinski definition) is 4. The van der Waals surface area contributed by atoms with Crippen LogP contribution in [0.5, 0.6) is 5.75 Å². The molecule has 2 atom stereocenters. The fraction of sp³-hybridized carbons (Fsp3) is 0.300. The quantitative estimate of drug-likeness (QED) is 0.763. The van der Waals surface area contributed by atoms with Crippen LogP contribution in [-0.2, 0) is 10.3 Å². The number of aryl methyl sites for hydroxylation is 1. The molecule has 0 radical (unpaired) electrons. The van der Waals surface area contributed by atoms with Crippen molar-refractivity contribution in [3.05, 3.63) is 65.5 Å². The summed E-state index contributed by atoms with van der Waals surface area (Å²) in [5, 5.41) is 12.8. The predicted octanol–water partition coefficient (Wildman–Crippen LogP) is 2.34. The predicted molar refractivity (Wildman–Crippen MR) is 96.7 cm³/mol. The smallest absolute Gasteiger partial charge is 0.325 e. The summed E-state index contributed by atoms with van der Waals surface area (Å²) in [5.74, 6) is -0.346. The number of β-amino-alcohol motifs (C(OH)–C–C–N with tert-alkyl or cyclic N) is 1. The first-order valence-electron chi connectivity index (χ1n) is 8.57. The number of nitrogens with zero attached hydrogens (tertiary/aromatic N) is 1. The Morgan fingerprint density at radius 3 is 2.41 bits per heavy atom. The van der Waals surface area contributed by atoms with Crippen LogP contribution >= 0.6 is 0 Å². The molecule has 142 valence electrons. The van der Waals surface area contributed by atoms with E-state index in [4.69, 9.17) is 4.74 Å². The van der Waals surface area contributed by atoms with Crippen molar-refractivity contribution in [1.82, 2.24) is 10.2 Å². The van der Waals surface area contributed by atoms with E-state index in [0.717, 1.165) is 10.5 Å². The van der Waals surface area contributed by atoms with E-state index in [1.165, 1.54) is 24.3 Å². The summed E-state index contributed by atoms with van der Waals surface area (Å²) < 4.78 is 18.6. The number of urea groups is 1. The Morgan fingerprint density at radius 2 is 1.78 bits per heavy atom. The van der Waals surface area contributed by atoms with Crippen LogP contribution in [0.3, 0.4) is 0 Å². The van der Waals surface area contributed by atoms with E-state index in [1.54, 1.807) is 19.1 Å². The number of carbonyl (C=O) groups is 2. The Balaban J connectivity index is 1.64. The minimum atomic E-state index is -1.30. The standard InChI is InChI=1S/C20H21FN2O4/c1-13-3-9-17(10-4-13)27-12-16(24)11-23-18(25)20(2,22-19(23)26)14-5-7-15(21)8-6-14/h3-10,16,24H,11-12H2,1-2H3,(H,22,26)/t16-,20+/m0/s1. The molecule has 1 aliphatic rings. The Morgan fingerprint density at radius 1 is 1.15 bits per heavy atom. The van der Waals surface area contributed by atoms with E-state index in [-0.39, 0.29) is 13.2 Å². The van der Waals surface area contributed by atoms with Crippen LogP contribution in [0.25, 0.3) is 0 Å². The van der Waals surface area contributed by atoms with Gasteiger partial charge in [0.1, 0.15) is 29.8 Å². The van der Waals surface area contributed by atoms with E-state index in [1.807, 2.05) is 19.1 Å². The Bertz CT molecular complexity index is 838. The third-order valence-electron chi connectivity index (χ3n) is 4.55. The number of ether oxygens (including phenoxy) is 1. The zero-order valence-corrected chi connectivity index (χ0v) is 15.1. The van der Waals surface area contributed by atoms with Gasteiger partial charge in [-0.2, -0.15) is 0 Å². The molecule has 0 spiro atoms. The number of aliphatic hydroxyl groups is 1. The van der Waals surface area contributed by atoms with Gasteiger partial charge in [0.15, 0.2) is 0 Å². The van der Waals surface area contributed by atoms with Crippen LogP contribution in [0, 0.1) is 12.7 Å². The van der Waals surface area contributed by atoms with Crippen LogP contribution in [0.4, 0.5) is 9.18 Å². The van der Waals surface area contributed by atoms with Crippen molar-refractivity contribution in [1.29, 1.82) is 0 Å². The molecule has 0 aliphatic carbocycles. The van der Waals surface area contributed by atoms with Crippen LogP contribution < -0.4 is 10.1 Å². The van der Waals surface area contributed by atoms with Crippen LogP contribution in [0.1, 0.15) is 18.1 Å². The summed E-state index contributed by atoms with van der Waals surface area (Å²) in [4.78, 5) is 26.0. The van der Waals surface area contributed by atoms with Crippen LogP contribution in [-0.4, -0.2) is 41.2 Å². The average molecular weight is 372 g/mol. The molecule has 3 amide bonds. The van der Waals surface area contributed by atoms with E-state index < -0.39 is 29.4 Å². The van der Waals surface area contributed by atoms with Crippen molar-refractivity contribution < 1.29 is 23.8 Å². The number of amides is 3. The first-order chi connectivity index (χ1) is 12.8. The Kier molecular flexibility index (Phi) is 5.14. The van der Waals surface area contributed by atoms with E-state index >= 15 is 0 Å². The van der Waals surface area contributed by atoms with Gasteiger partial charge < -0.3 is 15.2 Å². The molecule has 1 fully saturated rings. The summed E-state index contributed by atoms with van der Waals surface area (Å²) in [5.41, 5.74) is 0.250. The number of aliphatic hydroxyl groups excluding tert-OH is 1. The van der Waals surface area contributed by atoms with Gasteiger partial charge in [0.2, 0.25) is 0 Å². The maximum atomic E-state index is 13.1. The average Bonchev–Trinajstić information content (AvgIpc) is 2.86. The summed E-state index contributed by atoms with van der Waals surface area (Å²) >= 11 is 0. The van der Waals surface area contributed by atoms with Gasteiger partial charge in [-0.25, -0.2) is 9.18 Å². The monoisotopic (exact) mass is 372 g/mol. The van der Waals surface area contributed by atoms with E-state index in [9.17, 15) is 19.1 Å². The van der Waals surface area contributed by atoms with Crippen molar-refractivity contribution in [2.45, 2.75) is 25.5 Å². The Labute approximate surface area is 156 Å². The summed E-state index contributed by atoms with van der Waals surface area (Å²) in [6.07, 6.45) is -1.04. The molecule has 7 heteroatoms. The third-order valence-corrected chi connectivity index (χ3v) is 4.55. The number of carbonyl (C=O) groups excluding carboxylic acids is 2. The number of halogens is 1. The highest BCUT2D eigenvalue weighted by atomic mass is 19.1. The summed E-state index contributed by atoms with van der Waals surface area (Å²) in [6.45, 7) is 3.24. The minimum absolute atomic E-state index is 0.0621. The number of benzene rings is 2. The lowest BCUT2D eigenvalue weighted by atomic mass is 9.92. The molecule has 6 nitrogen and oxygen atoms in total. The molecule has 0 aromatic heterocycles. The third kappa shape index (κ3) is 3.93. The number of hydrogen-bond donors (Lipinski definition) is 2. The van der Waals surface area contributed by atoms with Gasteiger partial charge in [-0.15, -0.1) is 0 Å². The highest BCUT2D eigenvalue weighted by Crippen LogP contribution is 2.29. The largest absolute Gasteiger partial charge is 0.491 e. The zero-order valence-electron chi connectivity index (χ0n) is 15.1. The first-order valence-corrected chi connectivity index (χ1v) is 8.57. The van der Waals surface area contributed by atoms with Gasteiger partial charge in [-0.3, -0.25) is 9.69 Å². The minimum Gasteiger partial charge on any atom is -0.491 e. The Hall–Kier alpha value is -2.93. The number of nitrogens with one attached hydrogen (secondary N) is 1.